The van der Waals surface area contributed by atoms with Crippen molar-refractivity contribution in [3.8, 4) is 0 Å². The molecule has 0 saturated heterocycles. The lowest BCUT2D eigenvalue weighted by Gasteiger charge is -2.14. The second-order valence-electron chi connectivity index (χ2n) is 8.05. The van der Waals surface area contributed by atoms with E-state index in [4.69, 9.17) is 10.8 Å². The third-order valence-corrected chi connectivity index (χ3v) is 5.66. The molecule has 0 fully saturated rings. The Bertz CT molecular complexity index is 1310. The lowest BCUT2D eigenvalue weighted by Crippen LogP contribution is -2.30. The van der Waals surface area contributed by atoms with Crippen molar-refractivity contribution in [1.82, 2.24) is 20.6 Å². The van der Waals surface area contributed by atoms with Gasteiger partial charge in [-0.3, -0.25) is 9.59 Å². The predicted octanol–water partition coefficient (Wildman–Crippen LogP) is 2.55. The van der Waals surface area contributed by atoms with E-state index in [0.717, 1.165) is 11.1 Å². The average Bonchev–Trinajstić information content (AvgIpc) is 3.21. The average molecular weight is 463 g/mol. The smallest absolute Gasteiger partial charge is 0.335 e. The maximum Gasteiger partial charge on any atom is 0.335 e. The maximum atomic E-state index is 13.4. The summed E-state index contributed by atoms with van der Waals surface area (Å²) in [4.78, 5) is 44.5. The van der Waals surface area contributed by atoms with Crippen molar-refractivity contribution in [3.05, 3.63) is 87.5 Å². The van der Waals surface area contributed by atoms with Crippen LogP contribution in [-0.2, 0) is 13.0 Å². The van der Waals surface area contributed by atoms with Gasteiger partial charge in [0, 0.05) is 12.6 Å². The van der Waals surface area contributed by atoms with Gasteiger partial charge in [-0.05, 0) is 60.2 Å². The first kappa shape index (κ1) is 22.8. The number of nitrogens with one attached hydrogen (secondary N) is 2. The van der Waals surface area contributed by atoms with Crippen LogP contribution in [0.1, 0.15) is 66.1 Å². The third-order valence-electron chi connectivity index (χ3n) is 5.66. The van der Waals surface area contributed by atoms with Gasteiger partial charge in [0.15, 0.2) is 0 Å². The van der Waals surface area contributed by atoms with E-state index in [2.05, 4.69) is 20.6 Å². The number of nitrogens with two attached hydrogens (primary N) is 1. The number of anilines is 1. The molecule has 1 atom stereocenters. The molecular formula is C24H22FN5O4. The summed E-state index contributed by atoms with van der Waals surface area (Å²) in [6, 6.07) is 10.3. The third kappa shape index (κ3) is 4.85. The number of carbonyl (C=O) groups excluding carboxylic acids is 2. The van der Waals surface area contributed by atoms with Crippen LogP contribution in [0.2, 0.25) is 0 Å². The molecule has 0 radical (unpaired) electrons. The van der Waals surface area contributed by atoms with Crippen molar-refractivity contribution < 1.29 is 23.9 Å². The monoisotopic (exact) mass is 463 g/mol. The van der Waals surface area contributed by atoms with Crippen molar-refractivity contribution in [2.75, 3.05) is 5.73 Å². The zero-order valence-corrected chi connectivity index (χ0v) is 18.3. The van der Waals surface area contributed by atoms with E-state index < -0.39 is 17.8 Å². The summed E-state index contributed by atoms with van der Waals surface area (Å²) >= 11 is 0. The van der Waals surface area contributed by atoms with E-state index in [1.807, 2.05) is 0 Å². The maximum absolute atomic E-state index is 13.4. The SMILES string of the molecule is Cc1cc(CNC(=O)c2cc(C(=O)N[C@H]3CCc4cc(C(=O)O)ccc43)nc(N)n2)ccc1F. The minimum atomic E-state index is -1.01. The van der Waals surface area contributed by atoms with Crippen molar-refractivity contribution in [3.63, 3.8) is 0 Å². The van der Waals surface area contributed by atoms with Gasteiger partial charge in [-0.25, -0.2) is 19.2 Å². The van der Waals surface area contributed by atoms with Gasteiger partial charge in [0.2, 0.25) is 5.95 Å². The summed E-state index contributed by atoms with van der Waals surface area (Å²) in [5.41, 5.74) is 8.66. The molecule has 0 unspecified atom stereocenters. The Hall–Kier alpha value is -4.34. The number of carboxylic acids is 1. The first-order valence-electron chi connectivity index (χ1n) is 10.6. The van der Waals surface area contributed by atoms with Gasteiger partial charge in [0.1, 0.15) is 17.2 Å². The number of fused-ring (bicyclic) bond motifs is 1. The lowest BCUT2D eigenvalue weighted by molar-refractivity contribution is 0.0696. The van der Waals surface area contributed by atoms with Crippen LogP contribution < -0.4 is 16.4 Å². The topological polar surface area (TPSA) is 147 Å². The number of aryl methyl sites for hydroxylation is 2. The van der Waals surface area contributed by atoms with E-state index in [1.54, 1.807) is 31.2 Å². The number of benzene rings is 2. The molecule has 10 heteroatoms. The first-order valence-corrected chi connectivity index (χ1v) is 10.6. The van der Waals surface area contributed by atoms with Crippen LogP contribution in [0.25, 0.3) is 0 Å². The van der Waals surface area contributed by atoms with Crippen molar-refractivity contribution in [2.24, 2.45) is 0 Å². The number of aromatic carboxylic acids is 1. The van der Waals surface area contributed by atoms with E-state index in [-0.39, 0.29) is 41.3 Å². The van der Waals surface area contributed by atoms with Gasteiger partial charge in [-0.15, -0.1) is 0 Å². The number of hydrogen-bond donors (Lipinski definition) is 4. The quantitative estimate of drug-likeness (QED) is 0.439. The molecule has 2 aromatic carbocycles. The Morgan fingerprint density at radius 2 is 1.82 bits per heavy atom. The fourth-order valence-corrected chi connectivity index (χ4v) is 3.92. The van der Waals surface area contributed by atoms with Crippen molar-refractivity contribution >= 4 is 23.7 Å². The molecule has 0 saturated carbocycles. The normalized spacial score (nSPS) is 14.4. The summed E-state index contributed by atoms with van der Waals surface area (Å²) in [6.45, 7) is 1.77. The number of nitrogen functional groups attached to an aromatic ring is 1. The lowest BCUT2D eigenvalue weighted by atomic mass is 10.0. The van der Waals surface area contributed by atoms with Crippen molar-refractivity contribution in [2.45, 2.75) is 32.4 Å². The Labute approximate surface area is 194 Å². The van der Waals surface area contributed by atoms with Gasteiger partial charge < -0.3 is 21.5 Å². The number of halogens is 1. The minimum absolute atomic E-state index is 0.0640. The molecule has 5 N–H and O–H groups in total. The number of carboxylic acid groups (broad SMARTS) is 1. The molecular weight excluding hydrogens is 441 g/mol. The first-order chi connectivity index (χ1) is 16.2. The Morgan fingerprint density at radius 1 is 1.09 bits per heavy atom. The number of amides is 2. The molecule has 3 aromatic rings. The zero-order chi connectivity index (χ0) is 24.4. The molecule has 174 valence electrons. The van der Waals surface area contributed by atoms with Crippen LogP contribution in [0.15, 0.2) is 42.5 Å². The number of hydrogen-bond acceptors (Lipinski definition) is 6. The second kappa shape index (κ2) is 9.26. The largest absolute Gasteiger partial charge is 0.478 e. The summed E-state index contributed by atoms with van der Waals surface area (Å²) in [5.74, 6) is -2.66. The van der Waals surface area contributed by atoms with Gasteiger partial charge in [-0.2, -0.15) is 0 Å². The molecule has 9 nitrogen and oxygen atoms in total. The summed E-state index contributed by atoms with van der Waals surface area (Å²) in [7, 11) is 0. The molecule has 4 rings (SSSR count). The summed E-state index contributed by atoms with van der Waals surface area (Å²) in [5, 5.41) is 14.7. The van der Waals surface area contributed by atoms with Crippen LogP contribution in [-0.4, -0.2) is 32.9 Å². The Kier molecular flexibility index (Phi) is 6.22. The fourth-order valence-electron chi connectivity index (χ4n) is 3.92. The van der Waals surface area contributed by atoms with Crippen LogP contribution in [0.5, 0.6) is 0 Å². The Morgan fingerprint density at radius 3 is 2.53 bits per heavy atom. The van der Waals surface area contributed by atoms with Crippen molar-refractivity contribution in [1.29, 1.82) is 0 Å². The number of carbonyl (C=O) groups is 3. The summed E-state index contributed by atoms with van der Waals surface area (Å²) < 4.78 is 13.4. The zero-order valence-electron chi connectivity index (χ0n) is 18.3. The fraction of sp³-hybridized carbons (Fsp3) is 0.208. The number of aromatic nitrogens is 2. The molecule has 1 aliphatic carbocycles. The molecule has 1 aliphatic rings. The number of rotatable bonds is 6. The molecule has 1 heterocycles. The molecule has 34 heavy (non-hydrogen) atoms. The highest BCUT2D eigenvalue weighted by molar-refractivity contribution is 5.98. The van der Waals surface area contributed by atoms with Crippen LogP contribution >= 0.6 is 0 Å². The number of nitrogens with zero attached hydrogens (tertiary/aromatic N) is 2. The molecule has 0 bridgehead atoms. The standard InChI is InChI=1S/C24H22FN5O4/c1-12-8-13(2-6-17(12)25)11-27-21(31)19-10-20(30-24(26)29-19)22(32)28-18-7-4-14-9-15(23(33)34)3-5-16(14)18/h2-3,5-6,8-10,18H,4,7,11H2,1H3,(H,27,31)(H,28,32)(H,33,34)(H2,26,29,30)/t18-/m0/s1. The van der Waals surface area contributed by atoms with Gasteiger partial charge in [-0.1, -0.05) is 18.2 Å². The molecule has 2 amide bonds. The van der Waals surface area contributed by atoms with Crippen LogP contribution in [0.3, 0.4) is 0 Å². The highest BCUT2D eigenvalue weighted by Gasteiger charge is 2.26. The van der Waals surface area contributed by atoms with Gasteiger partial charge in [0.05, 0.1) is 11.6 Å². The van der Waals surface area contributed by atoms with Gasteiger partial charge >= 0.3 is 5.97 Å². The second-order valence-corrected chi connectivity index (χ2v) is 8.05. The van der Waals surface area contributed by atoms with E-state index in [0.29, 0.717) is 24.0 Å². The highest BCUT2D eigenvalue weighted by atomic mass is 19.1. The molecule has 1 aromatic heterocycles. The highest BCUT2D eigenvalue weighted by Crippen LogP contribution is 2.32. The van der Waals surface area contributed by atoms with Gasteiger partial charge in [0.25, 0.3) is 11.8 Å². The summed E-state index contributed by atoms with van der Waals surface area (Å²) in [6.07, 6.45) is 1.24. The molecule has 0 aliphatic heterocycles. The van der Waals surface area contributed by atoms with E-state index in [9.17, 15) is 18.8 Å². The van der Waals surface area contributed by atoms with E-state index in [1.165, 1.54) is 18.2 Å². The van der Waals surface area contributed by atoms with E-state index >= 15 is 0 Å². The molecule has 0 spiro atoms. The Balaban J connectivity index is 1.45. The van der Waals surface area contributed by atoms with Crippen LogP contribution in [0, 0.1) is 12.7 Å². The van der Waals surface area contributed by atoms with Crippen LogP contribution in [0.4, 0.5) is 10.3 Å². The predicted molar refractivity (Wildman–Crippen MR) is 121 cm³/mol. The minimum Gasteiger partial charge on any atom is -0.478 e.